The smallest absolute Gasteiger partial charge is 0.239 e. The van der Waals surface area contributed by atoms with Gasteiger partial charge in [-0.05, 0) is 57.0 Å². The summed E-state index contributed by atoms with van der Waals surface area (Å²) in [7, 11) is 2.07. The maximum Gasteiger partial charge on any atom is 0.239 e. The molecule has 0 saturated carbocycles. The SMILES string of the molecule is CN1CCCCCC1C(=O)N1CCCN(C(=O)CCc2ccncc2)CC1. The van der Waals surface area contributed by atoms with E-state index in [0.717, 1.165) is 50.9 Å². The minimum atomic E-state index is 0.0152. The average Bonchev–Trinajstić information content (AvgIpc) is 3.07. The first-order valence-corrected chi connectivity index (χ1v) is 10.3. The van der Waals surface area contributed by atoms with Gasteiger partial charge in [-0.25, -0.2) is 0 Å². The number of aromatic nitrogens is 1. The van der Waals surface area contributed by atoms with E-state index in [1.54, 1.807) is 12.4 Å². The van der Waals surface area contributed by atoms with Crippen LogP contribution in [-0.2, 0) is 16.0 Å². The molecule has 0 bridgehead atoms. The fourth-order valence-corrected chi connectivity index (χ4v) is 4.12. The molecule has 0 spiro atoms. The lowest BCUT2D eigenvalue weighted by Gasteiger charge is -2.30. The summed E-state index contributed by atoms with van der Waals surface area (Å²) < 4.78 is 0. The zero-order chi connectivity index (χ0) is 19.1. The van der Waals surface area contributed by atoms with Crippen LogP contribution in [0.15, 0.2) is 24.5 Å². The number of nitrogens with zero attached hydrogens (tertiary/aromatic N) is 4. The van der Waals surface area contributed by atoms with Gasteiger partial charge in [0.2, 0.25) is 11.8 Å². The summed E-state index contributed by atoms with van der Waals surface area (Å²) in [5.74, 6) is 0.443. The number of amides is 2. The molecule has 1 unspecified atom stereocenters. The van der Waals surface area contributed by atoms with E-state index in [-0.39, 0.29) is 17.9 Å². The Morgan fingerprint density at radius 2 is 1.70 bits per heavy atom. The van der Waals surface area contributed by atoms with Gasteiger partial charge in [0.1, 0.15) is 0 Å². The third-order valence-corrected chi connectivity index (χ3v) is 5.84. The molecule has 2 saturated heterocycles. The normalized spacial score (nSPS) is 22.2. The molecule has 2 aliphatic rings. The van der Waals surface area contributed by atoms with Crippen molar-refractivity contribution in [3.05, 3.63) is 30.1 Å². The van der Waals surface area contributed by atoms with Crippen LogP contribution in [0.5, 0.6) is 0 Å². The predicted octanol–water partition coefficient (Wildman–Crippen LogP) is 1.95. The van der Waals surface area contributed by atoms with Crippen molar-refractivity contribution in [1.82, 2.24) is 19.7 Å². The van der Waals surface area contributed by atoms with E-state index in [0.29, 0.717) is 19.5 Å². The van der Waals surface area contributed by atoms with Crippen LogP contribution in [0.25, 0.3) is 0 Å². The van der Waals surface area contributed by atoms with Gasteiger partial charge < -0.3 is 9.80 Å². The van der Waals surface area contributed by atoms with E-state index < -0.39 is 0 Å². The lowest BCUT2D eigenvalue weighted by Crippen LogP contribution is -2.48. The van der Waals surface area contributed by atoms with Crippen molar-refractivity contribution in [2.75, 3.05) is 39.8 Å². The summed E-state index contributed by atoms with van der Waals surface area (Å²) in [5.41, 5.74) is 1.14. The second kappa shape index (κ2) is 9.83. The number of rotatable bonds is 4. The fourth-order valence-electron chi connectivity index (χ4n) is 4.12. The number of pyridine rings is 1. The lowest BCUT2D eigenvalue weighted by atomic mass is 10.1. The number of hydrogen-bond acceptors (Lipinski definition) is 4. The molecule has 1 aromatic heterocycles. The minimum Gasteiger partial charge on any atom is -0.341 e. The third kappa shape index (κ3) is 5.51. The van der Waals surface area contributed by atoms with Gasteiger partial charge in [0, 0.05) is 45.0 Å². The molecule has 3 rings (SSSR count). The Morgan fingerprint density at radius 1 is 0.963 bits per heavy atom. The molecule has 6 heteroatoms. The van der Waals surface area contributed by atoms with Gasteiger partial charge in [-0.3, -0.25) is 19.5 Å². The van der Waals surface area contributed by atoms with Crippen LogP contribution in [0.1, 0.15) is 44.1 Å². The quantitative estimate of drug-likeness (QED) is 0.811. The highest BCUT2D eigenvalue weighted by Gasteiger charge is 2.30. The minimum absolute atomic E-state index is 0.0152. The first-order valence-electron chi connectivity index (χ1n) is 10.3. The van der Waals surface area contributed by atoms with Crippen molar-refractivity contribution in [3.63, 3.8) is 0 Å². The molecule has 0 radical (unpaired) electrons. The van der Waals surface area contributed by atoms with Crippen LogP contribution in [0.3, 0.4) is 0 Å². The molecule has 1 aromatic rings. The fraction of sp³-hybridized carbons (Fsp3) is 0.667. The second-order valence-corrected chi connectivity index (χ2v) is 7.76. The molecule has 1 atom stereocenters. The van der Waals surface area contributed by atoms with E-state index in [4.69, 9.17) is 0 Å². The Balaban J connectivity index is 1.50. The Morgan fingerprint density at radius 3 is 2.52 bits per heavy atom. The molecular formula is C21H32N4O2. The van der Waals surface area contributed by atoms with E-state index in [2.05, 4.69) is 16.9 Å². The van der Waals surface area contributed by atoms with Crippen molar-refractivity contribution in [3.8, 4) is 0 Å². The van der Waals surface area contributed by atoms with Crippen molar-refractivity contribution in [1.29, 1.82) is 0 Å². The molecule has 0 aliphatic carbocycles. The maximum atomic E-state index is 13.0. The van der Waals surface area contributed by atoms with Gasteiger partial charge in [-0.15, -0.1) is 0 Å². The zero-order valence-electron chi connectivity index (χ0n) is 16.5. The van der Waals surface area contributed by atoms with E-state index in [1.165, 1.54) is 12.8 Å². The molecule has 0 aromatic carbocycles. The summed E-state index contributed by atoms with van der Waals surface area (Å²) in [4.78, 5) is 35.8. The molecule has 6 nitrogen and oxygen atoms in total. The average molecular weight is 373 g/mol. The molecule has 2 aliphatic heterocycles. The van der Waals surface area contributed by atoms with Gasteiger partial charge >= 0.3 is 0 Å². The molecule has 148 valence electrons. The van der Waals surface area contributed by atoms with Crippen molar-refractivity contribution >= 4 is 11.8 Å². The molecule has 3 heterocycles. The van der Waals surface area contributed by atoms with Gasteiger partial charge in [-0.1, -0.05) is 12.8 Å². The van der Waals surface area contributed by atoms with Crippen molar-refractivity contribution in [2.45, 2.75) is 51.0 Å². The number of carbonyl (C=O) groups excluding carboxylic acids is 2. The Kier molecular flexibility index (Phi) is 7.21. The zero-order valence-corrected chi connectivity index (χ0v) is 16.5. The predicted molar refractivity (Wildman–Crippen MR) is 105 cm³/mol. The van der Waals surface area contributed by atoms with Crippen LogP contribution in [0.2, 0.25) is 0 Å². The molecule has 0 N–H and O–H groups in total. The van der Waals surface area contributed by atoms with Gasteiger partial charge in [-0.2, -0.15) is 0 Å². The first kappa shape index (κ1) is 19.8. The highest BCUT2D eigenvalue weighted by molar-refractivity contribution is 5.82. The Hall–Kier alpha value is -1.95. The third-order valence-electron chi connectivity index (χ3n) is 5.84. The van der Waals surface area contributed by atoms with E-state index in [1.807, 2.05) is 21.9 Å². The van der Waals surface area contributed by atoms with E-state index in [9.17, 15) is 9.59 Å². The Bertz CT molecular complexity index is 622. The van der Waals surface area contributed by atoms with E-state index >= 15 is 0 Å². The molecule has 2 fully saturated rings. The van der Waals surface area contributed by atoms with Crippen LogP contribution in [0, 0.1) is 0 Å². The highest BCUT2D eigenvalue weighted by Crippen LogP contribution is 2.18. The summed E-state index contributed by atoms with van der Waals surface area (Å²) in [6.07, 6.45) is 10.1. The molecular weight excluding hydrogens is 340 g/mol. The standard InChI is InChI=1S/C21H32N4O2/c1-23-13-4-2-3-6-19(23)21(27)25-15-5-14-24(16-17-25)20(26)8-7-18-9-11-22-12-10-18/h9-12,19H,2-8,13-17H2,1H3. The number of aryl methyl sites for hydroxylation is 1. The van der Waals surface area contributed by atoms with Gasteiger partial charge in [0.05, 0.1) is 6.04 Å². The summed E-state index contributed by atoms with van der Waals surface area (Å²) >= 11 is 0. The number of carbonyl (C=O) groups is 2. The monoisotopic (exact) mass is 372 g/mol. The van der Waals surface area contributed by atoms with Crippen LogP contribution < -0.4 is 0 Å². The van der Waals surface area contributed by atoms with Crippen molar-refractivity contribution in [2.24, 2.45) is 0 Å². The van der Waals surface area contributed by atoms with Gasteiger partial charge in [0.25, 0.3) is 0 Å². The number of likely N-dealkylation sites (N-methyl/N-ethyl adjacent to an activating group) is 1. The summed E-state index contributed by atoms with van der Waals surface area (Å²) in [6, 6.07) is 3.93. The highest BCUT2D eigenvalue weighted by atomic mass is 16.2. The van der Waals surface area contributed by atoms with Crippen molar-refractivity contribution < 1.29 is 9.59 Å². The topological polar surface area (TPSA) is 56.8 Å². The molecule has 27 heavy (non-hydrogen) atoms. The number of hydrogen-bond donors (Lipinski definition) is 0. The Labute approximate surface area is 162 Å². The maximum absolute atomic E-state index is 13.0. The van der Waals surface area contributed by atoms with Crippen LogP contribution in [0.4, 0.5) is 0 Å². The summed E-state index contributed by atoms with van der Waals surface area (Å²) in [6.45, 7) is 3.82. The molecule has 2 amide bonds. The number of likely N-dealkylation sites (tertiary alicyclic amines) is 1. The van der Waals surface area contributed by atoms with Crippen LogP contribution in [-0.4, -0.2) is 77.3 Å². The first-order chi connectivity index (χ1) is 13.1. The van der Waals surface area contributed by atoms with Gasteiger partial charge in [0.15, 0.2) is 0 Å². The summed E-state index contributed by atoms with van der Waals surface area (Å²) in [5, 5.41) is 0. The second-order valence-electron chi connectivity index (χ2n) is 7.76. The van der Waals surface area contributed by atoms with Crippen LogP contribution >= 0.6 is 0 Å². The lowest BCUT2D eigenvalue weighted by molar-refractivity contribution is -0.137. The largest absolute Gasteiger partial charge is 0.341 e.